The van der Waals surface area contributed by atoms with Crippen LogP contribution in [0.1, 0.15) is 40.0 Å². The molecule has 36 heavy (non-hydrogen) atoms. The Morgan fingerprint density at radius 3 is 1.31 bits per heavy atom. The average Bonchev–Trinajstić information content (AvgIpc) is 2.73. The summed E-state index contributed by atoms with van der Waals surface area (Å²) in [5, 5.41) is -0.477. The van der Waals surface area contributed by atoms with Gasteiger partial charge in [-0.3, -0.25) is 14.4 Å². The first-order valence-electron chi connectivity index (χ1n) is 11.1. The number of ether oxygens (including phenoxy) is 3. The van der Waals surface area contributed by atoms with E-state index in [1.807, 2.05) is 0 Å². The van der Waals surface area contributed by atoms with Gasteiger partial charge in [0.25, 0.3) is 0 Å². The first kappa shape index (κ1) is 31.6. The van der Waals surface area contributed by atoms with Crippen molar-refractivity contribution in [1.29, 1.82) is 0 Å². The Hall–Kier alpha value is -2.39. The minimum Gasteiger partial charge on any atom is -0.464 e. The summed E-state index contributed by atoms with van der Waals surface area (Å²) in [5.74, 6) is -1.75. The lowest BCUT2D eigenvalue weighted by Gasteiger charge is -2.15. The van der Waals surface area contributed by atoms with Crippen molar-refractivity contribution >= 4 is 60.2 Å². The molecule has 0 spiro atoms. The summed E-state index contributed by atoms with van der Waals surface area (Å²) in [5.41, 5.74) is -2.91. The molecule has 0 aliphatic carbocycles. The first-order chi connectivity index (χ1) is 16.8. The Kier molecular flexibility index (Phi) is 13.8. The van der Waals surface area contributed by atoms with Crippen molar-refractivity contribution in [1.82, 2.24) is 13.7 Å². The van der Waals surface area contributed by atoms with Gasteiger partial charge in [0.1, 0.15) is 19.8 Å². The predicted octanol–water partition coefficient (Wildman–Crippen LogP) is -0.00200. The number of carbonyl (C=O) groups is 3. The zero-order valence-corrected chi connectivity index (χ0v) is 22.9. The fourth-order valence-electron chi connectivity index (χ4n) is 2.86. The molecular formula is C21H31N3O9S3. The van der Waals surface area contributed by atoms with Crippen molar-refractivity contribution < 1.29 is 28.6 Å². The molecule has 0 saturated carbocycles. The van der Waals surface area contributed by atoms with Gasteiger partial charge in [-0.15, -0.1) is 0 Å². The van der Waals surface area contributed by atoms with Crippen LogP contribution in [0.25, 0.3) is 0 Å². The molecule has 0 N–H and O–H groups in total. The van der Waals surface area contributed by atoms with E-state index < -0.39 is 35.0 Å². The molecule has 0 saturated heterocycles. The Morgan fingerprint density at radius 2 is 1.03 bits per heavy atom. The van der Waals surface area contributed by atoms with Crippen LogP contribution in [-0.2, 0) is 48.2 Å². The molecule has 15 heteroatoms. The number of aromatic nitrogens is 3. The van der Waals surface area contributed by atoms with Crippen molar-refractivity contribution in [2.45, 2.75) is 70.2 Å². The fourth-order valence-corrected chi connectivity index (χ4v) is 3.28. The van der Waals surface area contributed by atoms with Crippen LogP contribution in [0.2, 0.25) is 0 Å². The minimum absolute atomic E-state index is 0.0323. The standard InChI is InChI=1S/C21H31N3O9S3/c1-13(34)10-16(25)31-7-4-22-19(28)23(5-8-32-17(26)11-14(2)35)21(30)24(20(22)29)6-9-33-18(27)12-15(3)36/h13-14,34-35H,4-12H2,1-3H3. The molecule has 0 aliphatic rings. The number of thiocarbonyl (C=S) groups is 1. The SMILES string of the molecule is CC(=S)CC(=O)OCCn1c(=O)n(CCOC(=O)CC(C)S)c(=O)n(CCOC(=O)CC(C)S)c1=O. The summed E-state index contributed by atoms with van der Waals surface area (Å²) in [6.45, 7) is 3.06. The van der Waals surface area contributed by atoms with Crippen LogP contribution in [0.4, 0.5) is 0 Å². The summed E-state index contributed by atoms with van der Waals surface area (Å²) in [7, 11) is 0. The molecule has 0 fully saturated rings. The van der Waals surface area contributed by atoms with Crippen molar-refractivity contribution in [2.24, 2.45) is 0 Å². The van der Waals surface area contributed by atoms with Crippen LogP contribution in [-0.4, -0.2) is 66.8 Å². The summed E-state index contributed by atoms with van der Waals surface area (Å²) < 4.78 is 17.2. The van der Waals surface area contributed by atoms with Crippen LogP contribution in [0, 0.1) is 0 Å². The van der Waals surface area contributed by atoms with Gasteiger partial charge in [-0.25, -0.2) is 28.1 Å². The zero-order chi connectivity index (χ0) is 27.4. The number of thiol groups is 2. The third-order valence-corrected chi connectivity index (χ3v) is 4.95. The maximum atomic E-state index is 12.9. The summed E-state index contributed by atoms with van der Waals surface area (Å²) >= 11 is 13.0. The van der Waals surface area contributed by atoms with Crippen LogP contribution >= 0.6 is 37.5 Å². The lowest BCUT2D eigenvalue weighted by atomic mass is 10.3. The Bertz CT molecular complexity index is 1060. The van der Waals surface area contributed by atoms with Crippen molar-refractivity contribution in [3.63, 3.8) is 0 Å². The van der Waals surface area contributed by atoms with E-state index in [0.29, 0.717) is 9.43 Å². The third-order valence-electron chi connectivity index (χ3n) is 4.44. The number of hydrogen-bond acceptors (Lipinski definition) is 12. The monoisotopic (exact) mass is 565 g/mol. The highest BCUT2D eigenvalue weighted by Gasteiger charge is 2.17. The maximum absolute atomic E-state index is 12.9. The summed E-state index contributed by atoms with van der Waals surface area (Å²) in [6, 6.07) is 0. The molecule has 1 aromatic rings. The average molecular weight is 566 g/mol. The zero-order valence-electron chi connectivity index (χ0n) is 20.3. The molecule has 1 heterocycles. The number of nitrogens with zero attached hydrogens (tertiary/aromatic N) is 3. The molecule has 0 radical (unpaired) electrons. The Labute approximate surface area is 223 Å². The molecule has 0 bridgehead atoms. The smallest absolute Gasteiger partial charge is 0.336 e. The van der Waals surface area contributed by atoms with Crippen LogP contribution in [0.5, 0.6) is 0 Å². The van der Waals surface area contributed by atoms with Crippen molar-refractivity contribution in [2.75, 3.05) is 19.8 Å². The normalized spacial score (nSPS) is 12.5. The predicted molar refractivity (Wildman–Crippen MR) is 141 cm³/mol. The number of rotatable bonds is 15. The fraction of sp³-hybridized carbons (Fsp3) is 0.667. The van der Waals surface area contributed by atoms with E-state index in [0.717, 1.165) is 9.13 Å². The summed E-state index contributed by atoms with van der Waals surface area (Å²) in [4.78, 5) is 74.3. The van der Waals surface area contributed by atoms with Gasteiger partial charge in [0.05, 0.1) is 38.9 Å². The van der Waals surface area contributed by atoms with E-state index in [4.69, 9.17) is 26.4 Å². The van der Waals surface area contributed by atoms with E-state index in [1.165, 1.54) is 0 Å². The van der Waals surface area contributed by atoms with Crippen LogP contribution < -0.4 is 17.1 Å². The number of hydrogen-bond donors (Lipinski definition) is 2. The van der Waals surface area contributed by atoms with Gasteiger partial charge in [0.2, 0.25) is 0 Å². The highest BCUT2D eigenvalue weighted by Crippen LogP contribution is 2.01. The van der Waals surface area contributed by atoms with E-state index in [2.05, 4.69) is 25.3 Å². The molecule has 12 nitrogen and oxygen atoms in total. The van der Waals surface area contributed by atoms with Crippen molar-refractivity contribution in [3.8, 4) is 0 Å². The van der Waals surface area contributed by atoms with Gasteiger partial charge in [-0.1, -0.05) is 26.1 Å². The van der Waals surface area contributed by atoms with Crippen LogP contribution in [0.15, 0.2) is 14.4 Å². The lowest BCUT2D eigenvalue weighted by molar-refractivity contribution is -0.144. The molecule has 202 valence electrons. The third kappa shape index (κ3) is 11.1. The molecule has 2 unspecified atom stereocenters. The number of carbonyl (C=O) groups excluding carboxylic acids is 3. The molecule has 0 aliphatic heterocycles. The van der Waals surface area contributed by atoms with E-state index in [-0.39, 0.29) is 69.2 Å². The maximum Gasteiger partial charge on any atom is 0.336 e. The second-order valence-electron chi connectivity index (χ2n) is 7.95. The van der Waals surface area contributed by atoms with Gasteiger partial charge in [-0.05, 0) is 6.92 Å². The first-order valence-corrected chi connectivity index (χ1v) is 12.5. The largest absolute Gasteiger partial charge is 0.464 e. The molecular weight excluding hydrogens is 534 g/mol. The van der Waals surface area contributed by atoms with Gasteiger partial charge < -0.3 is 14.2 Å². The van der Waals surface area contributed by atoms with Gasteiger partial charge in [-0.2, -0.15) is 25.3 Å². The molecule has 2 atom stereocenters. The highest BCUT2D eigenvalue weighted by molar-refractivity contribution is 7.81. The quantitative estimate of drug-likeness (QED) is 0.129. The van der Waals surface area contributed by atoms with Gasteiger partial charge in [0, 0.05) is 15.4 Å². The second kappa shape index (κ2) is 15.7. The van der Waals surface area contributed by atoms with E-state index >= 15 is 0 Å². The van der Waals surface area contributed by atoms with E-state index in [9.17, 15) is 28.8 Å². The minimum atomic E-state index is -0.970. The Morgan fingerprint density at radius 1 is 0.722 bits per heavy atom. The molecule has 0 aromatic carbocycles. The summed E-state index contributed by atoms with van der Waals surface area (Å²) in [6.07, 6.45) is -0.0321. The molecule has 1 rings (SSSR count). The van der Waals surface area contributed by atoms with Gasteiger partial charge >= 0.3 is 35.0 Å². The molecule has 0 amide bonds. The second-order valence-corrected chi connectivity index (χ2v) is 10.4. The highest BCUT2D eigenvalue weighted by atomic mass is 32.1. The Balaban J connectivity index is 3.14. The van der Waals surface area contributed by atoms with Crippen LogP contribution in [0.3, 0.4) is 0 Å². The number of esters is 3. The topological polar surface area (TPSA) is 145 Å². The van der Waals surface area contributed by atoms with Gasteiger partial charge in [0.15, 0.2) is 0 Å². The molecule has 1 aromatic heterocycles. The van der Waals surface area contributed by atoms with E-state index in [1.54, 1.807) is 20.8 Å². The lowest BCUT2D eigenvalue weighted by Crippen LogP contribution is -2.55. The van der Waals surface area contributed by atoms with Crippen molar-refractivity contribution in [3.05, 3.63) is 31.5 Å².